The molecule has 1 atom stereocenters. The zero-order valence-electron chi connectivity index (χ0n) is 23.3. The Morgan fingerprint density at radius 1 is 0.975 bits per heavy atom. The van der Waals surface area contributed by atoms with Crippen LogP contribution in [0.4, 0.5) is 0 Å². The lowest BCUT2D eigenvalue weighted by atomic mass is 10.00. The number of hydrogen-bond acceptors (Lipinski definition) is 4. The first-order chi connectivity index (χ1) is 19.4. The van der Waals surface area contributed by atoms with Gasteiger partial charge in [-0.1, -0.05) is 62.7 Å². The van der Waals surface area contributed by atoms with Crippen molar-refractivity contribution in [3.8, 4) is 17.6 Å². The van der Waals surface area contributed by atoms with Crippen molar-refractivity contribution in [1.29, 1.82) is 0 Å². The van der Waals surface area contributed by atoms with Gasteiger partial charge < -0.3 is 19.8 Å². The molecule has 6 nitrogen and oxygen atoms in total. The molecule has 0 aliphatic heterocycles. The second-order valence-corrected chi connectivity index (χ2v) is 10.7. The van der Waals surface area contributed by atoms with E-state index >= 15 is 0 Å². The van der Waals surface area contributed by atoms with E-state index in [1.165, 1.54) is 31.8 Å². The number of ether oxygens (including phenoxy) is 1. The predicted octanol–water partition coefficient (Wildman–Crippen LogP) is 6.79. The number of amides is 1. The molecule has 1 fully saturated rings. The maximum atomic E-state index is 13.5. The molecule has 0 saturated heterocycles. The Morgan fingerprint density at radius 2 is 1.62 bits per heavy atom. The van der Waals surface area contributed by atoms with Crippen molar-refractivity contribution >= 4 is 11.9 Å². The van der Waals surface area contributed by atoms with E-state index < -0.39 is 5.97 Å². The summed E-state index contributed by atoms with van der Waals surface area (Å²) in [4.78, 5) is 26.9. The van der Waals surface area contributed by atoms with Gasteiger partial charge in [0, 0.05) is 30.5 Å². The second kappa shape index (κ2) is 14.4. The fourth-order valence-corrected chi connectivity index (χ4v) is 5.32. The van der Waals surface area contributed by atoms with Crippen LogP contribution in [-0.2, 0) is 16.1 Å². The van der Waals surface area contributed by atoms with Crippen LogP contribution in [-0.4, -0.2) is 39.6 Å². The molecule has 4 rings (SSSR count). The molecule has 0 aromatic heterocycles. The van der Waals surface area contributed by atoms with E-state index in [9.17, 15) is 19.8 Å². The number of rotatable bonds is 10. The Labute approximate surface area is 237 Å². The van der Waals surface area contributed by atoms with Crippen molar-refractivity contribution in [1.82, 2.24) is 4.90 Å². The summed E-state index contributed by atoms with van der Waals surface area (Å²) in [7, 11) is 0. The molecular formula is C34H39NO5. The molecule has 0 heterocycles. The molecule has 1 unspecified atom stereocenters. The fourth-order valence-electron chi connectivity index (χ4n) is 5.32. The van der Waals surface area contributed by atoms with Crippen LogP contribution >= 0.6 is 0 Å². The Bertz CT molecular complexity index is 1270. The highest BCUT2D eigenvalue weighted by molar-refractivity contribution is 5.90. The molecule has 210 valence electrons. The number of aliphatic hydroxyl groups excluding tert-OH is 1. The lowest BCUT2D eigenvalue weighted by molar-refractivity contribution is -0.134. The Hall–Kier alpha value is -3.98. The summed E-state index contributed by atoms with van der Waals surface area (Å²) in [5.41, 5.74) is 2.66. The van der Waals surface area contributed by atoms with Crippen LogP contribution in [0.2, 0.25) is 0 Å². The van der Waals surface area contributed by atoms with Crippen molar-refractivity contribution < 1.29 is 24.5 Å². The first-order valence-corrected chi connectivity index (χ1v) is 14.4. The van der Waals surface area contributed by atoms with E-state index in [0.29, 0.717) is 31.9 Å². The molecule has 1 saturated carbocycles. The molecular weight excluding hydrogens is 502 g/mol. The van der Waals surface area contributed by atoms with Crippen LogP contribution in [0.15, 0.2) is 72.0 Å². The number of aliphatic carboxylic acids is 1. The molecule has 2 N–H and O–H groups in total. The number of carboxylic acids is 1. The third kappa shape index (κ3) is 8.26. The SMILES string of the molecule is CCCOc1ccc(C#Cc2ccc(CN(C(=O)CCC3CCCC3)C3C=CC(C(=O)O)=C(O)CC3)cc2)cc1. The monoisotopic (exact) mass is 541 g/mol. The number of nitrogens with zero attached hydrogens (tertiary/aromatic N) is 1. The number of allylic oxidation sites excluding steroid dienone is 1. The molecule has 2 aromatic rings. The topological polar surface area (TPSA) is 87.1 Å². The quantitative estimate of drug-likeness (QED) is 0.324. The second-order valence-electron chi connectivity index (χ2n) is 10.7. The van der Waals surface area contributed by atoms with Gasteiger partial charge in [-0.3, -0.25) is 4.79 Å². The van der Waals surface area contributed by atoms with Crippen molar-refractivity contribution in [3.05, 3.63) is 88.7 Å². The fraction of sp³-hybridized carbons (Fsp3) is 0.412. The van der Waals surface area contributed by atoms with Crippen LogP contribution < -0.4 is 4.74 Å². The van der Waals surface area contributed by atoms with E-state index in [-0.39, 0.29) is 29.7 Å². The number of aliphatic hydroxyl groups is 1. The number of benzene rings is 2. The van der Waals surface area contributed by atoms with Crippen molar-refractivity contribution in [2.75, 3.05) is 6.61 Å². The van der Waals surface area contributed by atoms with Gasteiger partial charge in [-0.25, -0.2) is 4.79 Å². The molecule has 0 bridgehead atoms. The van der Waals surface area contributed by atoms with Gasteiger partial charge in [-0.05, 0) is 73.2 Å². The third-order valence-corrected chi connectivity index (χ3v) is 7.65. The number of carbonyl (C=O) groups is 2. The van der Waals surface area contributed by atoms with Crippen LogP contribution in [0, 0.1) is 17.8 Å². The number of hydrogen-bond donors (Lipinski definition) is 2. The minimum absolute atomic E-state index is 0.0649. The van der Waals surface area contributed by atoms with Crippen LogP contribution in [0.3, 0.4) is 0 Å². The van der Waals surface area contributed by atoms with Crippen molar-refractivity contribution in [2.24, 2.45) is 5.92 Å². The summed E-state index contributed by atoms with van der Waals surface area (Å²) in [6.45, 7) is 3.18. The average Bonchev–Trinajstić information content (AvgIpc) is 3.41. The molecule has 2 aliphatic rings. The maximum absolute atomic E-state index is 13.5. The smallest absolute Gasteiger partial charge is 0.339 e. The number of carboxylic acid groups (broad SMARTS) is 1. The zero-order chi connectivity index (χ0) is 28.3. The highest BCUT2D eigenvalue weighted by Gasteiger charge is 2.26. The summed E-state index contributed by atoms with van der Waals surface area (Å²) in [5.74, 6) is 6.60. The molecule has 0 spiro atoms. The van der Waals surface area contributed by atoms with Gasteiger partial charge in [0.15, 0.2) is 0 Å². The lowest BCUT2D eigenvalue weighted by Gasteiger charge is -2.30. The Balaban J connectivity index is 1.45. The van der Waals surface area contributed by atoms with Crippen LogP contribution in [0.1, 0.15) is 81.4 Å². The van der Waals surface area contributed by atoms with Gasteiger partial charge in [0.1, 0.15) is 11.5 Å². The van der Waals surface area contributed by atoms with Gasteiger partial charge in [0.2, 0.25) is 5.91 Å². The highest BCUT2D eigenvalue weighted by Crippen LogP contribution is 2.30. The zero-order valence-corrected chi connectivity index (χ0v) is 23.3. The standard InChI is InChI=1S/C34H39NO5/c1-2-23-40-30-18-13-27(14-19-30)8-7-26-9-11-28(12-10-26)24-35(33(37)22-15-25-5-3-4-6-25)29-16-20-31(34(38)39)32(36)21-17-29/h9-14,16,18-20,25,29,36H,2-6,15,17,21-24H2,1H3,(H,38,39). The van der Waals surface area contributed by atoms with E-state index in [1.807, 2.05) is 53.4 Å². The number of carbonyl (C=O) groups excluding carboxylic acids is 1. The Morgan fingerprint density at radius 3 is 2.25 bits per heavy atom. The summed E-state index contributed by atoms with van der Waals surface area (Å²) in [6.07, 6.45) is 11.1. The van der Waals surface area contributed by atoms with Gasteiger partial charge in [0.25, 0.3) is 0 Å². The molecule has 0 radical (unpaired) electrons. The summed E-state index contributed by atoms with van der Waals surface area (Å²) in [6, 6.07) is 15.4. The minimum atomic E-state index is -1.16. The summed E-state index contributed by atoms with van der Waals surface area (Å²) < 4.78 is 5.63. The van der Waals surface area contributed by atoms with Crippen LogP contribution in [0.5, 0.6) is 5.75 Å². The van der Waals surface area contributed by atoms with E-state index in [0.717, 1.165) is 35.3 Å². The first kappa shape index (κ1) is 29.0. The first-order valence-electron chi connectivity index (χ1n) is 14.4. The van der Waals surface area contributed by atoms with Gasteiger partial charge in [0.05, 0.1) is 18.2 Å². The molecule has 6 heteroatoms. The van der Waals surface area contributed by atoms with Crippen molar-refractivity contribution in [3.63, 3.8) is 0 Å². The van der Waals surface area contributed by atoms with E-state index in [2.05, 4.69) is 18.8 Å². The molecule has 1 amide bonds. The molecule has 2 aromatic carbocycles. The molecule has 2 aliphatic carbocycles. The maximum Gasteiger partial charge on any atom is 0.339 e. The Kier molecular flexibility index (Phi) is 10.5. The van der Waals surface area contributed by atoms with E-state index in [4.69, 9.17) is 4.74 Å². The minimum Gasteiger partial charge on any atom is -0.511 e. The molecule has 40 heavy (non-hydrogen) atoms. The van der Waals surface area contributed by atoms with Gasteiger partial charge >= 0.3 is 5.97 Å². The lowest BCUT2D eigenvalue weighted by Crippen LogP contribution is -2.38. The summed E-state index contributed by atoms with van der Waals surface area (Å²) >= 11 is 0. The van der Waals surface area contributed by atoms with Gasteiger partial charge in [-0.2, -0.15) is 0 Å². The van der Waals surface area contributed by atoms with Gasteiger partial charge in [-0.15, -0.1) is 0 Å². The van der Waals surface area contributed by atoms with Crippen molar-refractivity contribution in [2.45, 2.75) is 77.3 Å². The third-order valence-electron chi connectivity index (χ3n) is 7.65. The average molecular weight is 542 g/mol. The van der Waals surface area contributed by atoms with E-state index in [1.54, 1.807) is 6.08 Å². The predicted molar refractivity (Wildman–Crippen MR) is 156 cm³/mol. The normalized spacial score (nSPS) is 17.2. The largest absolute Gasteiger partial charge is 0.511 e. The van der Waals surface area contributed by atoms with Crippen LogP contribution in [0.25, 0.3) is 0 Å². The summed E-state index contributed by atoms with van der Waals surface area (Å²) in [5, 5.41) is 19.7. The highest BCUT2D eigenvalue weighted by atomic mass is 16.5.